The molecule has 7 heteroatoms. The van der Waals surface area contributed by atoms with E-state index >= 15 is 0 Å². The first-order valence-corrected chi connectivity index (χ1v) is 6.28. The minimum absolute atomic E-state index is 0.0231. The predicted molar refractivity (Wildman–Crippen MR) is 66.2 cm³/mol. The number of esters is 1. The van der Waals surface area contributed by atoms with Crippen LogP contribution in [0.2, 0.25) is 0 Å². The summed E-state index contributed by atoms with van der Waals surface area (Å²) in [6.07, 6.45) is 0.271. The minimum Gasteiger partial charge on any atom is -0.485 e. The van der Waals surface area contributed by atoms with Crippen LogP contribution in [0.3, 0.4) is 0 Å². The van der Waals surface area contributed by atoms with Crippen LogP contribution < -0.4 is 9.47 Å². The molecule has 0 spiro atoms. The fraction of sp³-hybridized carbons (Fsp3) is 0.538. The van der Waals surface area contributed by atoms with Gasteiger partial charge in [0.15, 0.2) is 17.7 Å². The number of aromatic nitrogens is 1. The van der Waals surface area contributed by atoms with Gasteiger partial charge in [-0.15, -0.1) is 0 Å². The van der Waals surface area contributed by atoms with Gasteiger partial charge in [0.05, 0.1) is 26.5 Å². The summed E-state index contributed by atoms with van der Waals surface area (Å²) in [6, 6.07) is 1.35. The lowest BCUT2D eigenvalue weighted by Crippen LogP contribution is -2.23. The zero-order chi connectivity index (χ0) is 14.5. The van der Waals surface area contributed by atoms with Crippen LogP contribution in [-0.2, 0) is 14.3 Å². The normalized spacial score (nSPS) is 21.6. The number of halogens is 1. The summed E-state index contributed by atoms with van der Waals surface area (Å²) in [5, 5.41) is 0. The van der Waals surface area contributed by atoms with Gasteiger partial charge >= 0.3 is 5.97 Å². The van der Waals surface area contributed by atoms with Crippen molar-refractivity contribution in [3.05, 3.63) is 18.1 Å². The quantitative estimate of drug-likeness (QED) is 0.760. The second-order valence-corrected chi connectivity index (χ2v) is 4.21. The van der Waals surface area contributed by atoms with Gasteiger partial charge in [-0.05, 0) is 6.92 Å². The molecule has 2 unspecified atom stereocenters. The molecule has 1 fully saturated rings. The van der Waals surface area contributed by atoms with Crippen LogP contribution in [0.1, 0.15) is 13.3 Å². The van der Waals surface area contributed by atoms with Crippen molar-refractivity contribution in [2.24, 2.45) is 0 Å². The summed E-state index contributed by atoms with van der Waals surface area (Å²) in [5.41, 5.74) is 0. The van der Waals surface area contributed by atoms with E-state index in [-0.39, 0.29) is 18.2 Å². The fourth-order valence-electron chi connectivity index (χ4n) is 1.86. The minimum atomic E-state index is -0.660. The number of hydrogen-bond donors (Lipinski definition) is 0. The summed E-state index contributed by atoms with van der Waals surface area (Å²) in [6.45, 7) is 2.22. The molecule has 0 amide bonds. The molecule has 1 aromatic heterocycles. The van der Waals surface area contributed by atoms with Crippen LogP contribution in [0.15, 0.2) is 12.3 Å². The molecule has 1 aromatic rings. The molecule has 1 aliphatic heterocycles. The Morgan fingerprint density at radius 3 is 3.10 bits per heavy atom. The molecule has 6 nitrogen and oxygen atoms in total. The molecule has 2 rings (SSSR count). The average molecular weight is 285 g/mol. The molecule has 1 saturated heterocycles. The SMILES string of the molecule is CCOC(=O)C1CC(Oc2cc(OC)ncc2F)CO1. The second kappa shape index (κ2) is 6.51. The maximum absolute atomic E-state index is 13.6. The number of nitrogens with zero attached hydrogens (tertiary/aromatic N) is 1. The topological polar surface area (TPSA) is 66.9 Å². The third-order valence-electron chi connectivity index (χ3n) is 2.81. The smallest absolute Gasteiger partial charge is 0.335 e. The maximum Gasteiger partial charge on any atom is 0.335 e. The lowest BCUT2D eigenvalue weighted by molar-refractivity contribution is -0.153. The summed E-state index contributed by atoms with van der Waals surface area (Å²) < 4.78 is 34.1. The number of methoxy groups -OCH3 is 1. The Hall–Kier alpha value is -1.89. The zero-order valence-corrected chi connectivity index (χ0v) is 11.3. The van der Waals surface area contributed by atoms with Gasteiger partial charge in [0.2, 0.25) is 5.88 Å². The van der Waals surface area contributed by atoms with E-state index in [1.165, 1.54) is 13.2 Å². The van der Waals surface area contributed by atoms with Crippen molar-refractivity contribution in [1.29, 1.82) is 0 Å². The van der Waals surface area contributed by atoms with E-state index in [0.717, 1.165) is 6.20 Å². The van der Waals surface area contributed by atoms with Crippen molar-refractivity contribution in [2.75, 3.05) is 20.3 Å². The van der Waals surface area contributed by atoms with E-state index in [4.69, 9.17) is 18.9 Å². The molecule has 0 N–H and O–H groups in total. The standard InChI is InChI=1S/C13H16FNO5/c1-3-18-13(16)11-4-8(7-19-11)20-10-5-12(17-2)15-6-9(10)14/h5-6,8,11H,3-4,7H2,1-2H3. The molecule has 2 heterocycles. The first-order chi connectivity index (χ1) is 9.63. The molecular weight excluding hydrogens is 269 g/mol. The Balaban J connectivity index is 1.96. The molecule has 1 aliphatic rings. The number of carbonyl (C=O) groups is 1. The monoisotopic (exact) mass is 285 g/mol. The fourth-order valence-corrected chi connectivity index (χ4v) is 1.86. The van der Waals surface area contributed by atoms with Crippen LogP contribution in [0.4, 0.5) is 4.39 Å². The summed E-state index contributed by atoms with van der Waals surface area (Å²) in [4.78, 5) is 15.2. The summed E-state index contributed by atoms with van der Waals surface area (Å²) in [7, 11) is 1.43. The van der Waals surface area contributed by atoms with Gasteiger partial charge in [-0.3, -0.25) is 0 Å². The Labute approximate surface area is 115 Å². The summed E-state index contributed by atoms with van der Waals surface area (Å²) >= 11 is 0. The van der Waals surface area contributed by atoms with Crippen LogP contribution in [0.5, 0.6) is 11.6 Å². The number of pyridine rings is 1. The third kappa shape index (κ3) is 3.36. The molecule has 110 valence electrons. The van der Waals surface area contributed by atoms with Crippen LogP contribution in [0.25, 0.3) is 0 Å². The highest BCUT2D eigenvalue weighted by molar-refractivity contribution is 5.75. The third-order valence-corrected chi connectivity index (χ3v) is 2.81. The lowest BCUT2D eigenvalue weighted by Gasteiger charge is -2.13. The first-order valence-electron chi connectivity index (χ1n) is 6.28. The van der Waals surface area contributed by atoms with Gasteiger partial charge in [0, 0.05) is 12.5 Å². The van der Waals surface area contributed by atoms with E-state index in [1.54, 1.807) is 6.92 Å². The Bertz CT molecular complexity index is 482. The van der Waals surface area contributed by atoms with Crippen molar-refractivity contribution >= 4 is 5.97 Å². The highest BCUT2D eigenvalue weighted by Crippen LogP contribution is 2.25. The van der Waals surface area contributed by atoms with Crippen LogP contribution in [0, 0.1) is 5.82 Å². The number of ether oxygens (including phenoxy) is 4. The summed E-state index contributed by atoms with van der Waals surface area (Å²) in [5.74, 6) is -0.742. The van der Waals surface area contributed by atoms with Gasteiger partial charge in [-0.2, -0.15) is 0 Å². The van der Waals surface area contributed by atoms with Gasteiger partial charge < -0.3 is 18.9 Å². The van der Waals surface area contributed by atoms with Gasteiger partial charge in [-0.1, -0.05) is 0 Å². The highest BCUT2D eigenvalue weighted by atomic mass is 19.1. The number of hydrogen-bond acceptors (Lipinski definition) is 6. The van der Waals surface area contributed by atoms with Crippen LogP contribution >= 0.6 is 0 Å². The van der Waals surface area contributed by atoms with Crippen molar-refractivity contribution in [2.45, 2.75) is 25.6 Å². The highest BCUT2D eigenvalue weighted by Gasteiger charge is 2.33. The molecule has 20 heavy (non-hydrogen) atoms. The van der Waals surface area contributed by atoms with E-state index in [1.807, 2.05) is 0 Å². The largest absolute Gasteiger partial charge is 0.485 e. The van der Waals surface area contributed by atoms with Crippen molar-refractivity contribution in [1.82, 2.24) is 4.98 Å². The van der Waals surface area contributed by atoms with Crippen molar-refractivity contribution < 1.29 is 28.1 Å². The predicted octanol–water partition coefficient (Wildman–Crippen LogP) is 1.33. The van der Waals surface area contributed by atoms with Crippen molar-refractivity contribution in [3.8, 4) is 11.6 Å². The number of carbonyl (C=O) groups excluding carboxylic acids is 1. The Morgan fingerprint density at radius 1 is 1.60 bits per heavy atom. The molecule has 0 radical (unpaired) electrons. The average Bonchev–Trinajstić information content (AvgIpc) is 2.90. The maximum atomic E-state index is 13.6. The molecule has 0 bridgehead atoms. The first kappa shape index (κ1) is 14.5. The Morgan fingerprint density at radius 2 is 2.40 bits per heavy atom. The van der Waals surface area contributed by atoms with Crippen molar-refractivity contribution in [3.63, 3.8) is 0 Å². The van der Waals surface area contributed by atoms with E-state index < -0.39 is 24.0 Å². The lowest BCUT2D eigenvalue weighted by atomic mass is 10.2. The van der Waals surface area contributed by atoms with Crippen LogP contribution in [-0.4, -0.2) is 43.5 Å². The molecule has 2 atom stereocenters. The molecule has 0 aliphatic carbocycles. The van der Waals surface area contributed by atoms with Gasteiger partial charge in [-0.25, -0.2) is 14.2 Å². The van der Waals surface area contributed by atoms with Gasteiger partial charge in [0.25, 0.3) is 0 Å². The van der Waals surface area contributed by atoms with E-state index in [9.17, 15) is 9.18 Å². The van der Waals surface area contributed by atoms with E-state index in [0.29, 0.717) is 13.0 Å². The van der Waals surface area contributed by atoms with Gasteiger partial charge in [0.1, 0.15) is 6.10 Å². The molecule has 0 aromatic carbocycles. The Kier molecular flexibility index (Phi) is 4.73. The molecule has 0 saturated carbocycles. The zero-order valence-electron chi connectivity index (χ0n) is 11.3. The second-order valence-electron chi connectivity index (χ2n) is 4.21. The van der Waals surface area contributed by atoms with E-state index in [2.05, 4.69) is 4.98 Å². The molecular formula is C13H16FNO5. The number of rotatable bonds is 5.